The van der Waals surface area contributed by atoms with Gasteiger partial charge >= 0.3 is 5.97 Å². The molecule has 3 heteroatoms. The van der Waals surface area contributed by atoms with Crippen LogP contribution in [0, 0.1) is 5.92 Å². The molecular weight excluding hydrogens is 142 g/mol. The maximum Gasteiger partial charge on any atom is 0.320 e. The Labute approximate surface area is 66.9 Å². The summed E-state index contributed by atoms with van der Waals surface area (Å²) in [7, 11) is 0. The highest BCUT2D eigenvalue weighted by atomic mass is 16.4. The highest BCUT2D eigenvalue weighted by molar-refractivity contribution is 5.72. The third-order valence-corrected chi connectivity index (χ3v) is 1.54. The summed E-state index contributed by atoms with van der Waals surface area (Å²) in [6, 6.07) is -0.732. The maximum absolute atomic E-state index is 10.3. The molecule has 0 fully saturated rings. The van der Waals surface area contributed by atoms with Crippen LogP contribution in [0.1, 0.15) is 19.8 Å². The number of allylic oxidation sites excluding steroid dienone is 1. The first-order chi connectivity index (χ1) is 5.07. The summed E-state index contributed by atoms with van der Waals surface area (Å²) in [6.07, 6.45) is 3.11. The zero-order valence-electron chi connectivity index (χ0n) is 6.79. The van der Waals surface area contributed by atoms with Gasteiger partial charge in [-0.3, -0.25) is 4.79 Å². The van der Waals surface area contributed by atoms with Gasteiger partial charge in [-0.2, -0.15) is 0 Å². The van der Waals surface area contributed by atoms with E-state index in [1.165, 1.54) is 0 Å². The molecule has 0 aromatic carbocycles. The number of hydrogen-bond acceptors (Lipinski definition) is 2. The number of carboxylic acid groups (broad SMARTS) is 1. The first-order valence-electron chi connectivity index (χ1n) is 3.67. The van der Waals surface area contributed by atoms with Crippen LogP contribution < -0.4 is 5.73 Å². The van der Waals surface area contributed by atoms with Crippen molar-refractivity contribution in [3.63, 3.8) is 0 Å². The molecule has 64 valence electrons. The van der Waals surface area contributed by atoms with Crippen molar-refractivity contribution in [2.75, 3.05) is 0 Å². The molecule has 0 aliphatic carbocycles. The van der Waals surface area contributed by atoms with Gasteiger partial charge in [-0.25, -0.2) is 0 Å². The van der Waals surface area contributed by atoms with Crippen molar-refractivity contribution in [2.45, 2.75) is 25.8 Å². The summed E-state index contributed by atoms with van der Waals surface area (Å²) in [6.45, 7) is 5.53. The minimum absolute atomic E-state index is 0.304. The van der Waals surface area contributed by atoms with E-state index in [0.29, 0.717) is 12.3 Å². The Hall–Kier alpha value is -0.830. The van der Waals surface area contributed by atoms with E-state index in [9.17, 15) is 4.79 Å². The van der Waals surface area contributed by atoms with Crippen molar-refractivity contribution in [1.29, 1.82) is 0 Å². The minimum Gasteiger partial charge on any atom is -0.480 e. The second-order valence-corrected chi connectivity index (χ2v) is 2.81. The van der Waals surface area contributed by atoms with E-state index in [4.69, 9.17) is 10.8 Å². The van der Waals surface area contributed by atoms with E-state index < -0.39 is 12.0 Å². The van der Waals surface area contributed by atoms with E-state index in [-0.39, 0.29) is 0 Å². The number of hydrogen-bond donors (Lipinski definition) is 2. The summed E-state index contributed by atoms with van der Waals surface area (Å²) < 4.78 is 0. The fraction of sp³-hybridized carbons (Fsp3) is 0.625. The molecule has 0 heterocycles. The van der Waals surface area contributed by atoms with Crippen molar-refractivity contribution in [3.05, 3.63) is 12.7 Å². The van der Waals surface area contributed by atoms with Crippen LogP contribution in [0.4, 0.5) is 0 Å². The van der Waals surface area contributed by atoms with Crippen LogP contribution in [0.5, 0.6) is 0 Å². The smallest absolute Gasteiger partial charge is 0.320 e. The van der Waals surface area contributed by atoms with Gasteiger partial charge in [0.15, 0.2) is 0 Å². The van der Waals surface area contributed by atoms with Crippen LogP contribution in [0.25, 0.3) is 0 Å². The van der Waals surface area contributed by atoms with Crippen molar-refractivity contribution in [1.82, 2.24) is 0 Å². The lowest BCUT2D eigenvalue weighted by Crippen LogP contribution is -2.31. The maximum atomic E-state index is 10.3. The number of nitrogens with two attached hydrogens (primary N) is 1. The number of rotatable bonds is 5. The molecule has 0 spiro atoms. The predicted molar refractivity (Wildman–Crippen MR) is 44.2 cm³/mol. The molecule has 0 aliphatic heterocycles. The van der Waals surface area contributed by atoms with Gasteiger partial charge in [0.25, 0.3) is 0 Å². The standard InChI is InChI=1S/C8H15NO2/c1-3-4-6(2)5-7(9)8(10)11/h3,6-7H,1,4-5,9H2,2H3,(H,10,11). The minimum atomic E-state index is -0.930. The van der Waals surface area contributed by atoms with E-state index in [2.05, 4.69) is 6.58 Å². The SMILES string of the molecule is C=CCC(C)CC(N)C(=O)O. The summed E-state index contributed by atoms with van der Waals surface area (Å²) >= 11 is 0. The molecule has 3 nitrogen and oxygen atoms in total. The van der Waals surface area contributed by atoms with Gasteiger partial charge in [0, 0.05) is 0 Å². The van der Waals surface area contributed by atoms with Crippen molar-refractivity contribution < 1.29 is 9.90 Å². The molecule has 2 atom stereocenters. The molecule has 2 unspecified atom stereocenters. The average molecular weight is 157 g/mol. The molecule has 0 saturated carbocycles. The molecule has 11 heavy (non-hydrogen) atoms. The van der Waals surface area contributed by atoms with Crippen molar-refractivity contribution >= 4 is 5.97 Å². The Bertz CT molecular complexity index is 145. The fourth-order valence-electron chi connectivity index (χ4n) is 0.915. The Kier molecular flexibility index (Phi) is 4.54. The summed E-state index contributed by atoms with van der Waals surface area (Å²) in [4.78, 5) is 10.3. The zero-order chi connectivity index (χ0) is 8.85. The molecule has 0 aromatic rings. The van der Waals surface area contributed by atoms with Crippen LogP contribution in [-0.2, 0) is 4.79 Å². The third kappa shape index (κ3) is 4.56. The van der Waals surface area contributed by atoms with Gasteiger partial charge in [-0.15, -0.1) is 6.58 Å². The van der Waals surface area contributed by atoms with Gasteiger partial charge in [-0.05, 0) is 18.8 Å². The zero-order valence-corrected chi connectivity index (χ0v) is 6.79. The van der Waals surface area contributed by atoms with Gasteiger partial charge < -0.3 is 10.8 Å². The summed E-state index contributed by atoms with van der Waals surface area (Å²) in [5, 5.41) is 8.45. The molecule has 0 rings (SSSR count). The molecule has 0 bridgehead atoms. The van der Waals surface area contributed by atoms with Gasteiger partial charge in [0.2, 0.25) is 0 Å². The first-order valence-corrected chi connectivity index (χ1v) is 3.67. The molecule has 0 saturated heterocycles. The first kappa shape index (κ1) is 10.2. The Morgan fingerprint density at radius 1 is 1.82 bits per heavy atom. The average Bonchev–Trinajstić information content (AvgIpc) is 1.87. The van der Waals surface area contributed by atoms with Crippen LogP contribution in [0.3, 0.4) is 0 Å². The normalized spacial score (nSPS) is 15.5. The van der Waals surface area contributed by atoms with Gasteiger partial charge in [0.1, 0.15) is 6.04 Å². The summed E-state index contributed by atoms with van der Waals surface area (Å²) in [5.41, 5.74) is 5.31. The third-order valence-electron chi connectivity index (χ3n) is 1.54. The molecule has 3 N–H and O–H groups in total. The highest BCUT2D eigenvalue weighted by Gasteiger charge is 2.14. The fourth-order valence-corrected chi connectivity index (χ4v) is 0.915. The lowest BCUT2D eigenvalue weighted by atomic mass is 9.99. The van der Waals surface area contributed by atoms with Crippen molar-refractivity contribution in [2.24, 2.45) is 11.7 Å². The van der Waals surface area contributed by atoms with Gasteiger partial charge in [0.05, 0.1) is 0 Å². The monoisotopic (exact) mass is 157 g/mol. The van der Waals surface area contributed by atoms with E-state index in [1.807, 2.05) is 6.92 Å². The topological polar surface area (TPSA) is 63.3 Å². The number of carboxylic acids is 1. The lowest BCUT2D eigenvalue weighted by Gasteiger charge is -2.11. The quantitative estimate of drug-likeness (QED) is 0.585. The molecule has 0 radical (unpaired) electrons. The predicted octanol–water partition coefficient (Wildman–Crippen LogP) is 1.00. The molecule has 0 aliphatic rings. The lowest BCUT2D eigenvalue weighted by molar-refractivity contribution is -0.138. The second kappa shape index (κ2) is 4.91. The van der Waals surface area contributed by atoms with Crippen LogP contribution >= 0.6 is 0 Å². The molecular formula is C8H15NO2. The van der Waals surface area contributed by atoms with Gasteiger partial charge in [-0.1, -0.05) is 13.0 Å². The van der Waals surface area contributed by atoms with E-state index >= 15 is 0 Å². The van der Waals surface area contributed by atoms with Crippen LogP contribution in [0.2, 0.25) is 0 Å². The summed E-state index contributed by atoms with van der Waals surface area (Å²) in [5.74, 6) is -0.625. The van der Waals surface area contributed by atoms with Crippen LogP contribution in [-0.4, -0.2) is 17.1 Å². The van der Waals surface area contributed by atoms with Crippen LogP contribution in [0.15, 0.2) is 12.7 Å². The Morgan fingerprint density at radius 3 is 2.73 bits per heavy atom. The van der Waals surface area contributed by atoms with E-state index in [1.54, 1.807) is 6.08 Å². The Morgan fingerprint density at radius 2 is 2.36 bits per heavy atom. The molecule has 0 aromatic heterocycles. The largest absolute Gasteiger partial charge is 0.480 e. The van der Waals surface area contributed by atoms with E-state index in [0.717, 1.165) is 6.42 Å². The Balaban J connectivity index is 3.64. The number of carbonyl (C=O) groups is 1. The second-order valence-electron chi connectivity index (χ2n) is 2.81. The highest BCUT2D eigenvalue weighted by Crippen LogP contribution is 2.09. The van der Waals surface area contributed by atoms with Crippen molar-refractivity contribution in [3.8, 4) is 0 Å². The molecule has 0 amide bonds. The number of aliphatic carboxylic acids is 1.